The molecule has 1 unspecified atom stereocenters. The molecule has 0 aromatic carbocycles. The average Bonchev–Trinajstić information content (AvgIpc) is 2.57. The maximum atomic E-state index is 11.3. The van der Waals surface area contributed by atoms with Gasteiger partial charge in [-0.2, -0.15) is 0 Å². The van der Waals surface area contributed by atoms with Gasteiger partial charge in [-0.25, -0.2) is 0 Å². The van der Waals surface area contributed by atoms with Crippen molar-refractivity contribution >= 4 is 5.97 Å². The Labute approximate surface area is 142 Å². The van der Waals surface area contributed by atoms with E-state index < -0.39 is 5.97 Å². The van der Waals surface area contributed by atoms with Crippen LogP contribution < -0.4 is 0 Å². The maximum absolute atomic E-state index is 11.3. The standard InChI is InChI=1S/C21H36O2/c1-3-5-6-7-16-8-10-17(11-9-16)18-12-14-19(15-13-18)20(4-2)21(22)23/h4,16-20H,2-3,5-15H2,1H3,(H,22,23). The van der Waals surface area contributed by atoms with E-state index in [1.807, 2.05) is 0 Å². The molecule has 0 aromatic rings. The highest BCUT2D eigenvalue weighted by Crippen LogP contribution is 2.43. The van der Waals surface area contributed by atoms with Gasteiger partial charge >= 0.3 is 5.97 Å². The summed E-state index contributed by atoms with van der Waals surface area (Å²) in [5.74, 6) is 2.09. The molecule has 2 rings (SSSR count). The summed E-state index contributed by atoms with van der Waals surface area (Å²) in [6.45, 7) is 6.01. The molecule has 1 atom stereocenters. The van der Waals surface area contributed by atoms with Gasteiger partial charge in [0, 0.05) is 0 Å². The molecule has 0 saturated heterocycles. The smallest absolute Gasteiger partial charge is 0.310 e. The van der Waals surface area contributed by atoms with Crippen LogP contribution in [0.4, 0.5) is 0 Å². The SMILES string of the molecule is C=CC(C(=O)O)C1CCC(C2CCC(CCCCC)CC2)CC1. The Morgan fingerprint density at radius 2 is 1.61 bits per heavy atom. The quantitative estimate of drug-likeness (QED) is 0.435. The van der Waals surface area contributed by atoms with Crippen LogP contribution in [0, 0.1) is 29.6 Å². The van der Waals surface area contributed by atoms with Crippen molar-refractivity contribution in [3.05, 3.63) is 12.7 Å². The summed E-state index contributed by atoms with van der Waals surface area (Å²) >= 11 is 0. The molecule has 2 heteroatoms. The fraction of sp³-hybridized carbons (Fsp3) is 0.857. The lowest BCUT2D eigenvalue weighted by Gasteiger charge is -2.38. The van der Waals surface area contributed by atoms with E-state index in [4.69, 9.17) is 0 Å². The molecule has 2 saturated carbocycles. The molecule has 0 aliphatic heterocycles. The number of rotatable bonds is 8. The van der Waals surface area contributed by atoms with Crippen molar-refractivity contribution in [1.29, 1.82) is 0 Å². The molecular weight excluding hydrogens is 284 g/mol. The zero-order valence-corrected chi connectivity index (χ0v) is 15.0. The van der Waals surface area contributed by atoms with Crippen LogP contribution in [-0.2, 0) is 4.79 Å². The molecule has 2 aliphatic carbocycles. The number of carbonyl (C=O) groups is 1. The zero-order valence-electron chi connectivity index (χ0n) is 15.0. The van der Waals surface area contributed by atoms with Gasteiger partial charge < -0.3 is 5.11 Å². The first-order valence-electron chi connectivity index (χ1n) is 10.0. The monoisotopic (exact) mass is 320 g/mol. The van der Waals surface area contributed by atoms with E-state index in [-0.39, 0.29) is 5.92 Å². The Hall–Kier alpha value is -0.790. The van der Waals surface area contributed by atoms with Gasteiger partial charge in [-0.3, -0.25) is 4.79 Å². The third kappa shape index (κ3) is 5.36. The Balaban J connectivity index is 1.70. The summed E-state index contributed by atoms with van der Waals surface area (Å²) in [5, 5.41) is 9.29. The van der Waals surface area contributed by atoms with Crippen LogP contribution in [0.2, 0.25) is 0 Å². The molecule has 2 aliphatic rings. The molecule has 2 nitrogen and oxygen atoms in total. The van der Waals surface area contributed by atoms with E-state index in [2.05, 4.69) is 13.5 Å². The van der Waals surface area contributed by atoms with E-state index in [0.717, 1.165) is 30.6 Å². The minimum atomic E-state index is -0.684. The minimum Gasteiger partial charge on any atom is -0.481 e. The molecule has 0 amide bonds. The number of hydrogen-bond acceptors (Lipinski definition) is 1. The van der Waals surface area contributed by atoms with E-state index in [1.165, 1.54) is 64.2 Å². The van der Waals surface area contributed by atoms with Crippen molar-refractivity contribution in [2.24, 2.45) is 29.6 Å². The Kier molecular flexibility index (Phi) is 7.65. The number of hydrogen-bond donors (Lipinski definition) is 1. The van der Waals surface area contributed by atoms with Gasteiger partial charge in [-0.05, 0) is 62.2 Å². The normalized spacial score (nSPS) is 33.1. The van der Waals surface area contributed by atoms with Crippen molar-refractivity contribution in [2.45, 2.75) is 84.0 Å². The Bertz CT molecular complexity index is 360. The summed E-state index contributed by atoms with van der Waals surface area (Å²) in [6.07, 6.45) is 17.7. The number of aliphatic carboxylic acids is 1. The van der Waals surface area contributed by atoms with Gasteiger partial charge in [0.05, 0.1) is 5.92 Å². The summed E-state index contributed by atoms with van der Waals surface area (Å²) < 4.78 is 0. The first-order valence-corrected chi connectivity index (χ1v) is 10.0. The van der Waals surface area contributed by atoms with Gasteiger partial charge in [-0.15, -0.1) is 6.58 Å². The van der Waals surface area contributed by atoms with Crippen molar-refractivity contribution in [1.82, 2.24) is 0 Å². The van der Waals surface area contributed by atoms with E-state index >= 15 is 0 Å². The van der Waals surface area contributed by atoms with Crippen molar-refractivity contribution in [2.75, 3.05) is 0 Å². The second-order valence-electron chi connectivity index (χ2n) is 8.05. The van der Waals surface area contributed by atoms with Gasteiger partial charge in [0.15, 0.2) is 0 Å². The van der Waals surface area contributed by atoms with Crippen molar-refractivity contribution in [3.63, 3.8) is 0 Å². The topological polar surface area (TPSA) is 37.3 Å². The van der Waals surface area contributed by atoms with Crippen LogP contribution in [0.25, 0.3) is 0 Å². The van der Waals surface area contributed by atoms with Crippen LogP contribution in [0.5, 0.6) is 0 Å². The van der Waals surface area contributed by atoms with Crippen LogP contribution >= 0.6 is 0 Å². The van der Waals surface area contributed by atoms with E-state index in [1.54, 1.807) is 6.08 Å². The van der Waals surface area contributed by atoms with Crippen LogP contribution in [0.3, 0.4) is 0 Å². The summed E-state index contributed by atoms with van der Waals surface area (Å²) in [4.78, 5) is 11.3. The lowest BCUT2D eigenvalue weighted by molar-refractivity contribution is -0.142. The minimum absolute atomic E-state index is 0.326. The van der Waals surface area contributed by atoms with E-state index in [9.17, 15) is 9.90 Å². The summed E-state index contributed by atoms with van der Waals surface area (Å²) in [7, 11) is 0. The van der Waals surface area contributed by atoms with Gasteiger partial charge in [0.1, 0.15) is 0 Å². The van der Waals surface area contributed by atoms with Crippen LogP contribution in [-0.4, -0.2) is 11.1 Å². The fourth-order valence-electron chi connectivity index (χ4n) is 5.10. The van der Waals surface area contributed by atoms with Crippen LogP contribution in [0.15, 0.2) is 12.7 Å². The third-order valence-corrected chi connectivity index (χ3v) is 6.64. The molecule has 1 N–H and O–H groups in total. The highest BCUT2D eigenvalue weighted by molar-refractivity contribution is 5.72. The van der Waals surface area contributed by atoms with Gasteiger partial charge in [0.2, 0.25) is 0 Å². The molecule has 0 radical (unpaired) electrons. The van der Waals surface area contributed by atoms with Crippen molar-refractivity contribution < 1.29 is 9.90 Å². The zero-order chi connectivity index (χ0) is 16.7. The molecule has 0 aromatic heterocycles. The first kappa shape index (κ1) is 18.5. The second-order valence-corrected chi connectivity index (χ2v) is 8.05. The molecule has 2 fully saturated rings. The number of unbranched alkanes of at least 4 members (excludes halogenated alkanes) is 2. The largest absolute Gasteiger partial charge is 0.481 e. The maximum Gasteiger partial charge on any atom is 0.310 e. The molecular formula is C21H36O2. The van der Waals surface area contributed by atoms with Crippen molar-refractivity contribution in [3.8, 4) is 0 Å². The van der Waals surface area contributed by atoms with Gasteiger partial charge in [0.25, 0.3) is 0 Å². The van der Waals surface area contributed by atoms with Crippen LogP contribution in [0.1, 0.15) is 84.0 Å². The predicted molar refractivity (Wildman–Crippen MR) is 96.4 cm³/mol. The predicted octanol–water partition coefficient (Wildman–Crippen LogP) is 6.07. The van der Waals surface area contributed by atoms with Gasteiger partial charge in [-0.1, -0.05) is 51.5 Å². The Morgan fingerprint density at radius 3 is 2.09 bits per heavy atom. The fourth-order valence-corrected chi connectivity index (χ4v) is 5.10. The highest BCUT2D eigenvalue weighted by Gasteiger charge is 2.34. The molecule has 23 heavy (non-hydrogen) atoms. The first-order chi connectivity index (χ1) is 11.2. The summed E-state index contributed by atoms with van der Waals surface area (Å²) in [5.41, 5.74) is 0. The molecule has 0 bridgehead atoms. The average molecular weight is 321 g/mol. The lowest BCUT2D eigenvalue weighted by atomic mass is 9.67. The highest BCUT2D eigenvalue weighted by atomic mass is 16.4. The number of carboxylic acid groups (broad SMARTS) is 1. The van der Waals surface area contributed by atoms with E-state index in [0.29, 0.717) is 5.92 Å². The summed E-state index contributed by atoms with van der Waals surface area (Å²) in [6, 6.07) is 0. The second kappa shape index (κ2) is 9.49. The molecule has 132 valence electrons. The molecule has 0 heterocycles. The Morgan fingerprint density at radius 1 is 1.04 bits per heavy atom. The third-order valence-electron chi connectivity index (χ3n) is 6.64. The lowest BCUT2D eigenvalue weighted by Crippen LogP contribution is -2.30. The number of carboxylic acids is 1. The molecule has 0 spiro atoms.